The SMILES string of the molecule is [C-]#[N+]C(=Nc1cc(OCCC)c(-c2cc3c(s2)C2=C(c4sc5cc(-c6sc(N=C(C#N)C#N)cc6OCCC)sc5c4C2(C)C)C3(C)C)s1)[N+]#[C-]. The van der Waals surface area contributed by atoms with E-state index in [1.807, 2.05) is 35.6 Å². The molecule has 254 valence electrons. The largest absolute Gasteiger partial charge is 0.635 e. The molecule has 2 aliphatic rings. The number of aliphatic imine (C=N–C) groups is 2. The molecule has 2 aliphatic carbocycles. The van der Waals surface area contributed by atoms with Crippen molar-refractivity contribution >= 4 is 98.9 Å². The average molecular weight is 763 g/mol. The van der Waals surface area contributed by atoms with E-state index in [0.29, 0.717) is 23.2 Å². The lowest BCUT2D eigenvalue weighted by Crippen LogP contribution is -2.16. The lowest BCUT2D eigenvalue weighted by molar-refractivity contribution is 0.320. The predicted octanol–water partition coefficient (Wildman–Crippen LogP) is 12.5. The summed E-state index contributed by atoms with van der Waals surface area (Å²) < 4.78 is 14.8. The highest BCUT2D eigenvalue weighted by molar-refractivity contribution is 7.32. The molecule has 5 aromatic rings. The molecule has 13 heteroatoms. The zero-order valence-corrected chi connectivity index (χ0v) is 32.8. The van der Waals surface area contributed by atoms with Gasteiger partial charge in [0.05, 0.1) is 38.6 Å². The molecule has 0 aromatic carbocycles. The Morgan fingerprint density at radius 1 is 0.725 bits per heavy atom. The minimum atomic E-state index is -0.247. The third-order valence-corrected chi connectivity index (χ3v) is 14.9. The summed E-state index contributed by atoms with van der Waals surface area (Å²) in [5, 5.41) is 19.7. The first-order valence-electron chi connectivity index (χ1n) is 16.2. The van der Waals surface area contributed by atoms with Gasteiger partial charge in [-0.1, -0.05) is 52.9 Å². The fourth-order valence-electron chi connectivity index (χ4n) is 6.75. The molecule has 5 aromatic heterocycles. The molecule has 8 nitrogen and oxygen atoms in total. The maximum atomic E-state index is 9.29. The van der Waals surface area contributed by atoms with Gasteiger partial charge >= 0.3 is 5.96 Å². The van der Waals surface area contributed by atoms with Crippen molar-refractivity contribution in [2.24, 2.45) is 9.98 Å². The van der Waals surface area contributed by atoms with Gasteiger partial charge in [-0.25, -0.2) is 14.7 Å². The number of hydrogen-bond acceptors (Lipinski definition) is 11. The van der Waals surface area contributed by atoms with Crippen molar-refractivity contribution in [2.75, 3.05) is 13.2 Å². The number of fused-ring (bicyclic) bond motifs is 6. The lowest BCUT2D eigenvalue weighted by Gasteiger charge is -2.24. The molecule has 0 bridgehead atoms. The Morgan fingerprint density at radius 2 is 1.29 bits per heavy atom. The highest BCUT2D eigenvalue weighted by Crippen LogP contribution is 2.68. The quantitative estimate of drug-likeness (QED) is 0.0803. The van der Waals surface area contributed by atoms with Crippen LogP contribution in [0.5, 0.6) is 11.5 Å². The maximum Gasteiger partial charge on any atom is 0.635 e. The molecule has 0 aliphatic heterocycles. The summed E-state index contributed by atoms with van der Waals surface area (Å²) in [6.07, 6.45) is 1.72. The fraction of sp³-hybridized carbons (Fsp3) is 0.316. The highest BCUT2D eigenvalue weighted by Gasteiger charge is 2.53. The van der Waals surface area contributed by atoms with Crippen molar-refractivity contribution in [3.63, 3.8) is 0 Å². The van der Waals surface area contributed by atoms with Crippen LogP contribution in [0, 0.1) is 35.8 Å². The van der Waals surface area contributed by atoms with E-state index in [-0.39, 0.29) is 22.5 Å². The number of rotatable bonds is 10. The maximum absolute atomic E-state index is 9.29. The third kappa shape index (κ3) is 5.62. The topological polar surface area (TPSA) is 99.5 Å². The van der Waals surface area contributed by atoms with Crippen LogP contribution in [0.4, 0.5) is 10.0 Å². The first kappa shape index (κ1) is 34.8. The molecule has 0 radical (unpaired) electrons. The van der Waals surface area contributed by atoms with Gasteiger partial charge in [0.15, 0.2) is 0 Å². The van der Waals surface area contributed by atoms with E-state index in [4.69, 9.17) is 22.6 Å². The number of nitrogens with zero attached hydrogens (tertiary/aromatic N) is 6. The molecule has 0 N–H and O–H groups in total. The standard InChI is InChI=1S/C38H30N6O2S5/c1-9-11-45-21-14-26(43-19(17-39)18-40)50-33(21)24-16-25-34(48-24)30-35(49-25)29-28(38(30,5)6)31-20(37(29,3)4)13-23(47-31)32-22(46-12-10-2)15-27(51-32)44-36(41-7)42-8/h13-16H,9-12H2,1-6H3. The predicted molar refractivity (Wildman–Crippen MR) is 214 cm³/mol. The highest BCUT2D eigenvalue weighted by atomic mass is 32.1. The minimum absolute atomic E-state index is 0.178. The van der Waals surface area contributed by atoms with Gasteiger partial charge in [0.2, 0.25) is 5.71 Å². The number of allylic oxidation sites excluding steroid dienone is 2. The van der Waals surface area contributed by atoms with Crippen LogP contribution in [0.1, 0.15) is 75.3 Å². The number of guanidine groups is 1. The Bertz CT molecular complexity index is 2490. The summed E-state index contributed by atoms with van der Waals surface area (Å²) in [5.74, 6) is 1.25. The van der Waals surface area contributed by atoms with Crippen LogP contribution >= 0.6 is 56.7 Å². The molecule has 5 heterocycles. The number of thiophene rings is 5. The third-order valence-electron chi connectivity index (χ3n) is 8.93. The van der Waals surface area contributed by atoms with Crippen LogP contribution in [0.15, 0.2) is 34.3 Å². The second kappa shape index (κ2) is 13.2. The summed E-state index contributed by atoms with van der Waals surface area (Å²) in [6, 6.07) is 12.0. The second-order valence-electron chi connectivity index (χ2n) is 13.0. The zero-order chi connectivity index (χ0) is 36.2. The van der Waals surface area contributed by atoms with E-state index in [1.165, 1.54) is 64.1 Å². The second-order valence-corrected chi connectivity index (χ2v) is 18.3. The van der Waals surface area contributed by atoms with Crippen molar-refractivity contribution < 1.29 is 9.47 Å². The van der Waals surface area contributed by atoms with Gasteiger partial charge in [-0.05, 0) is 60.4 Å². The van der Waals surface area contributed by atoms with Gasteiger partial charge in [-0.2, -0.15) is 10.5 Å². The fourth-order valence-corrected chi connectivity index (χ4v) is 13.6. The summed E-state index contributed by atoms with van der Waals surface area (Å²) in [6.45, 7) is 29.2. The summed E-state index contributed by atoms with van der Waals surface area (Å²) in [4.78, 5) is 21.9. The van der Waals surface area contributed by atoms with Gasteiger partial charge in [0, 0.05) is 41.2 Å². The summed E-state index contributed by atoms with van der Waals surface area (Å²) >= 11 is 8.31. The lowest BCUT2D eigenvalue weighted by atomic mass is 9.80. The summed E-state index contributed by atoms with van der Waals surface area (Å²) in [7, 11) is 0. The first-order valence-corrected chi connectivity index (χ1v) is 20.3. The van der Waals surface area contributed by atoms with Crippen molar-refractivity contribution in [1.82, 2.24) is 0 Å². The average Bonchev–Trinajstić information content (AvgIpc) is 3.95. The Labute approximate surface area is 316 Å². The van der Waals surface area contributed by atoms with E-state index < -0.39 is 0 Å². The molecule has 0 unspecified atom stereocenters. The van der Waals surface area contributed by atoms with Gasteiger partial charge in [-0.15, -0.1) is 45.3 Å². The first-order chi connectivity index (χ1) is 24.5. The molecular weight excluding hydrogens is 733 g/mol. The Balaban J connectivity index is 1.31. The monoisotopic (exact) mass is 762 g/mol. The van der Waals surface area contributed by atoms with E-state index in [0.717, 1.165) is 43.8 Å². The molecule has 0 saturated carbocycles. The Hall–Kier alpha value is -4.60. The zero-order valence-electron chi connectivity index (χ0n) is 28.7. The van der Waals surface area contributed by atoms with Crippen molar-refractivity contribution in [3.05, 3.63) is 68.0 Å². The van der Waals surface area contributed by atoms with Crippen molar-refractivity contribution in [1.29, 1.82) is 10.5 Å². The molecule has 7 rings (SSSR count). The van der Waals surface area contributed by atoms with Crippen LogP contribution in [-0.4, -0.2) is 24.9 Å². The van der Waals surface area contributed by atoms with Crippen LogP contribution in [0.2, 0.25) is 0 Å². The number of nitriles is 2. The molecule has 0 spiro atoms. The number of hydrogen-bond donors (Lipinski definition) is 0. The summed E-state index contributed by atoms with van der Waals surface area (Å²) in [5.41, 5.74) is 4.82. The molecule has 0 amide bonds. The Morgan fingerprint density at radius 3 is 1.86 bits per heavy atom. The van der Waals surface area contributed by atoms with Gasteiger partial charge < -0.3 is 9.47 Å². The molecular formula is C38H30N6O2S5. The smallest absolute Gasteiger partial charge is 0.492 e. The Kier molecular flexibility index (Phi) is 9.00. The van der Waals surface area contributed by atoms with Crippen LogP contribution in [-0.2, 0) is 10.8 Å². The normalized spacial score (nSPS) is 14.5. The minimum Gasteiger partial charge on any atom is -0.492 e. The van der Waals surface area contributed by atoms with Crippen LogP contribution in [0.3, 0.4) is 0 Å². The molecule has 0 fully saturated rings. The van der Waals surface area contributed by atoms with Gasteiger partial charge in [0.1, 0.15) is 28.6 Å². The van der Waals surface area contributed by atoms with Gasteiger partial charge in [-0.3, -0.25) is 0 Å². The molecule has 51 heavy (non-hydrogen) atoms. The van der Waals surface area contributed by atoms with Crippen LogP contribution in [0.25, 0.3) is 49.7 Å². The van der Waals surface area contributed by atoms with Crippen LogP contribution < -0.4 is 9.47 Å². The van der Waals surface area contributed by atoms with Gasteiger partial charge in [0.25, 0.3) is 5.00 Å². The van der Waals surface area contributed by atoms with E-state index in [9.17, 15) is 10.5 Å². The number of ether oxygens (including phenoxy) is 2. The molecule has 0 saturated heterocycles. The van der Waals surface area contributed by atoms with Crippen molar-refractivity contribution in [3.8, 4) is 43.1 Å². The van der Waals surface area contributed by atoms with E-state index >= 15 is 0 Å². The van der Waals surface area contributed by atoms with Crippen molar-refractivity contribution in [2.45, 2.75) is 65.2 Å². The van der Waals surface area contributed by atoms with E-state index in [2.05, 4.69) is 73.3 Å². The van der Waals surface area contributed by atoms with E-state index in [1.54, 1.807) is 22.7 Å². The molecule has 0 atom stereocenters.